The van der Waals surface area contributed by atoms with E-state index in [1.54, 1.807) is 0 Å². The van der Waals surface area contributed by atoms with Gasteiger partial charge in [-0.1, -0.05) is 17.2 Å². The standard InChI is InChI=1S/C8H7F2N3O/c9-6-3-1-2-5(8(6)10)7(14)4-12-13-11/h1-3,7,14H,4H2/t7-/m0/s1. The van der Waals surface area contributed by atoms with Crippen molar-refractivity contribution in [1.82, 2.24) is 0 Å². The van der Waals surface area contributed by atoms with Crippen LogP contribution in [0.3, 0.4) is 0 Å². The molecule has 0 spiro atoms. The number of halogens is 2. The van der Waals surface area contributed by atoms with E-state index in [4.69, 9.17) is 5.53 Å². The summed E-state index contributed by atoms with van der Waals surface area (Å²) in [5.74, 6) is -2.16. The molecule has 0 saturated heterocycles. The first-order valence-corrected chi connectivity index (χ1v) is 3.79. The topological polar surface area (TPSA) is 69.0 Å². The van der Waals surface area contributed by atoms with Crippen LogP contribution in [0.15, 0.2) is 23.3 Å². The lowest BCUT2D eigenvalue weighted by molar-refractivity contribution is 0.180. The van der Waals surface area contributed by atoms with E-state index in [1.165, 1.54) is 12.1 Å². The van der Waals surface area contributed by atoms with E-state index in [0.717, 1.165) is 6.07 Å². The van der Waals surface area contributed by atoms with E-state index >= 15 is 0 Å². The fraction of sp³-hybridized carbons (Fsp3) is 0.250. The quantitative estimate of drug-likeness (QED) is 0.453. The molecule has 0 aliphatic rings. The van der Waals surface area contributed by atoms with Gasteiger partial charge in [0, 0.05) is 10.5 Å². The van der Waals surface area contributed by atoms with E-state index in [0.29, 0.717) is 0 Å². The van der Waals surface area contributed by atoms with Crippen LogP contribution >= 0.6 is 0 Å². The fourth-order valence-corrected chi connectivity index (χ4v) is 0.990. The molecule has 0 unspecified atom stereocenters. The Labute approximate surface area is 78.4 Å². The van der Waals surface area contributed by atoms with Crippen molar-refractivity contribution in [1.29, 1.82) is 0 Å². The summed E-state index contributed by atoms with van der Waals surface area (Å²) in [6.07, 6.45) is -1.32. The minimum Gasteiger partial charge on any atom is -0.388 e. The highest BCUT2D eigenvalue weighted by molar-refractivity contribution is 5.21. The highest BCUT2D eigenvalue weighted by atomic mass is 19.2. The molecule has 0 radical (unpaired) electrons. The summed E-state index contributed by atoms with van der Waals surface area (Å²) < 4.78 is 25.7. The molecule has 0 fully saturated rings. The number of rotatable bonds is 3. The number of azide groups is 1. The van der Waals surface area contributed by atoms with Crippen LogP contribution in [0.5, 0.6) is 0 Å². The van der Waals surface area contributed by atoms with Crippen LogP contribution in [0.25, 0.3) is 10.4 Å². The third-order valence-corrected chi connectivity index (χ3v) is 1.66. The van der Waals surface area contributed by atoms with Gasteiger partial charge in [-0.2, -0.15) is 0 Å². The van der Waals surface area contributed by atoms with E-state index in [9.17, 15) is 13.9 Å². The zero-order chi connectivity index (χ0) is 10.6. The lowest BCUT2D eigenvalue weighted by atomic mass is 10.1. The first-order chi connectivity index (χ1) is 6.66. The zero-order valence-electron chi connectivity index (χ0n) is 7.06. The van der Waals surface area contributed by atoms with Crippen LogP contribution in [-0.4, -0.2) is 11.7 Å². The average Bonchev–Trinajstić information content (AvgIpc) is 2.18. The molecular weight excluding hydrogens is 192 g/mol. The Balaban J connectivity index is 2.94. The minimum atomic E-state index is -1.32. The summed E-state index contributed by atoms with van der Waals surface area (Å²) in [5, 5.41) is 12.3. The molecule has 1 aromatic rings. The van der Waals surface area contributed by atoms with Gasteiger partial charge in [0.2, 0.25) is 0 Å². The van der Waals surface area contributed by atoms with Gasteiger partial charge in [0.1, 0.15) is 0 Å². The summed E-state index contributed by atoms with van der Waals surface area (Å²) in [5.41, 5.74) is 7.75. The number of hydrogen-bond donors (Lipinski definition) is 1. The fourth-order valence-electron chi connectivity index (χ4n) is 0.990. The predicted octanol–water partition coefficient (Wildman–Crippen LogP) is 2.31. The van der Waals surface area contributed by atoms with Crippen molar-refractivity contribution in [2.75, 3.05) is 6.54 Å². The molecule has 1 aromatic carbocycles. The van der Waals surface area contributed by atoms with Gasteiger partial charge in [0.15, 0.2) is 11.6 Å². The monoisotopic (exact) mass is 199 g/mol. The van der Waals surface area contributed by atoms with Gasteiger partial charge in [-0.3, -0.25) is 0 Å². The first kappa shape index (κ1) is 10.4. The van der Waals surface area contributed by atoms with Crippen molar-refractivity contribution in [2.45, 2.75) is 6.10 Å². The number of nitrogens with zero attached hydrogens (tertiary/aromatic N) is 3. The number of aliphatic hydroxyl groups excluding tert-OH is 1. The molecule has 1 N–H and O–H groups in total. The molecule has 0 aromatic heterocycles. The van der Waals surface area contributed by atoms with E-state index in [1.807, 2.05) is 0 Å². The second kappa shape index (κ2) is 4.55. The molecule has 6 heteroatoms. The van der Waals surface area contributed by atoms with Gasteiger partial charge < -0.3 is 5.11 Å². The molecule has 0 aliphatic carbocycles. The summed E-state index contributed by atoms with van der Waals surface area (Å²) in [7, 11) is 0. The van der Waals surface area contributed by atoms with Crippen LogP contribution in [0, 0.1) is 11.6 Å². The smallest absolute Gasteiger partial charge is 0.164 e. The Morgan fingerprint density at radius 1 is 1.50 bits per heavy atom. The van der Waals surface area contributed by atoms with Gasteiger partial charge in [0.25, 0.3) is 0 Å². The Morgan fingerprint density at radius 2 is 2.21 bits per heavy atom. The normalized spacial score (nSPS) is 11.9. The highest BCUT2D eigenvalue weighted by Crippen LogP contribution is 2.19. The largest absolute Gasteiger partial charge is 0.388 e. The van der Waals surface area contributed by atoms with Crippen molar-refractivity contribution >= 4 is 0 Å². The minimum absolute atomic E-state index is 0.211. The highest BCUT2D eigenvalue weighted by Gasteiger charge is 2.14. The van der Waals surface area contributed by atoms with E-state index in [2.05, 4.69) is 10.0 Å². The molecule has 0 amide bonds. The number of benzene rings is 1. The Hall–Kier alpha value is -1.65. The lowest BCUT2D eigenvalue weighted by Gasteiger charge is -2.08. The summed E-state index contributed by atoms with van der Waals surface area (Å²) in [4.78, 5) is 2.40. The van der Waals surface area contributed by atoms with Crippen molar-refractivity contribution < 1.29 is 13.9 Å². The zero-order valence-corrected chi connectivity index (χ0v) is 7.06. The predicted molar refractivity (Wildman–Crippen MR) is 45.3 cm³/mol. The molecule has 74 valence electrons. The van der Waals surface area contributed by atoms with Crippen LogP contribution in [0.1, 0.15) is 11.7 Å². The van der Waals surface area contributed by atoms with Crippen LogP contribution in [-0.2, 0) is 0 Å². The maximum atomic E-state index is 13.0. The van der Waals surface area contributed by atoms with Crippen LogP contribution in [0.4, 0.5) is 8.78 Å². The van der Waals surface area contributed by atoms with Crippen molar-refractivity contribution in [3.63, 3.8) is 0 Å². The Kier molecular flexibility index (Phi) is 3.39. The van der Waals surface area contributed by atoms with Gasteiger partial charge in [-0.05, 0) is 11.6 Å². The molecule has 1 atom stereocenters. The molecule has 0 heterocycles. The molecular formula is C8H7F2N3O. The molecule has 0 aliphatic heterocycles. The second-order valence-corrected chi connectivity index (χ2v) is 2.57. The Bertz CT molecular complexity index is 377. The first-order valence-electron chi connectivity index (χ1n) is 3.79. The molecule has 1 rings (SSSR count). The van der Waals surface area contributed by atoms with Gasteiger partial charge in [-0.15, -0.1) is 0 Å². The van der Waals surface area contributed by atoms with E-state index < -0.39 is 17.7 Å². The van der Waals surface area contributed by atoms with E-state index in [-0.39, 0.29) is 12.1 Å². The Morgan fingerprint density at radius 3 is 2.86 bits per heavy atom. The average molecular weight is 199 g/mol. The molecule has 0 saturated carbocycles. The summed E-state index contributed by atoms with van der Waals surface area (Å²) >= 11 is 0. The van der Waals surface area contributed by atoms with Gasteiger partial charge in [-0.25, -0.2) is 8.78 Å². The van der Waals surface area contributed by atoms with Crippen molar-refractivity contribution in [3.05, 3.63) is 45.8 Å². The van der Waals surface area contributed by atoms with Crippen LogP contribution < -0.4 is 0 Å². The maximum absolute atomic E-state index is 13.0. The van der Waals surface area contributed by atoms with Crippen molar-refractivity contribution in [2.24, 2.45) is 5.11 Å². The number of hydrogen-bond acceptors (Lipinski definition) is 2. The third-order valence-electron chi connectivity index (χ3n) is 1.66. The maximum Gasteiger partial charge on any atom is 0.164 e. The molecule has 4 nitrogen and oxygen atoms in total. The second-order valence-electron chi connectivity index (χ2n) is 2.57. The summed E-state index contributed by atoms with van der Waals surface area (Å²) in [6, 6.07) is 3.45. The third kappa shape index (κ3) is 2.18. The summed E-state index contributed by atoms with van der Waals surface area (Å²) in [6.45, 7) is -0.323. The van der Waals surface area contributed by atoms with Crippen LogP contribution in [0.2, 0.25) is 0 Å². The van der Waals surface area contributed by atoms with Crippen molar-refractivity contribution in [3.8, 4) is 0 Å². The molecule has 14 heavy (non-hydrogen) atoms. The number of aliphatic hydroxyl groups is 1. The SMILES string of the molecule is [N-]=[N+]=NC[C@H](O)c1cccc(F)c1F. The van der Waals surface area contributed by atoms with Gasteiger partial charge >= 0.3 is 0 Å². The lowest BCUT2D eigenvalue weighted by Crippen LogP contribution is -2.05. The van der Waals surface area contributed by atoms with Gasteiger partial charge in [0.05, 0.1) is 12.6 Å². The molecule has 0 bridgehead atoms.